The first-order chi connectivity index (χ1) is 6.70. The molecule has 0 unspecified atom stereocenters. The van der Waals surface area contributed by atoms with E-state index < -0.39 is 6.10 Å². The lowest BCUT2D eigenvalue weighted by molar-refractivity contribution is 0.190. The Balaban J connectivity index is 2.54. The van der Waals surface area contributed by atoms with Gasteiger partial charge < -0.3 is 15.8 Å². The van der Waals surface area contributed by atoms with E-state index in [1.54, 1.807) is 6.92 Å². The molecule has 0 saturated heterocycles. The fourth-order valence-electron chi connectivity index (χ4n) is 1.40. The summed E-state index contributed by atoms with van der Waals surface area (Å²) in [6, 6.07) is 5.79. The molecule has 2 rings (SSSR count). The van der Waals surface area contributed by atoms with Crippen LogP contribution in [-0.2, 0) is 6.54 Å². The number of nitrogens with zero attached hydrogens (tertiary/aromatic N) is 1. The van der Waals surface area contributed by atoms with E-state index in [1.807, 2.05) is 18.2 Å². The molecule has 0 amide bonds. The highest BCUT2D eigenvalue weighted by Gasteiger charge is 2.07. The fraction of sp³-hybridized carbons (Fsp3) is 0.300. The van der Waals surface area contributed by atoms with Gasteiger partial charge in [-0.3, -0.25) is 0 Å². The molecule has 0 bridgehead atoms. The van der Waals surface area contributed by atoms with Gasteiger partial charge >= 0.3 is 0 Å². The molecule has 0 radical (unpaired) electrons. The van der Waals surface area contributed by atoms with Crippen molar-refractivity contribution in [3.05, 3.63) is 29.6 Å². The summed E-state index contributed by atoms with van der Waals surface area (Å²) in [6.45, 7) is 2.19. The van der Waals surface area contributed by atoms with E-state index in [0.29, 0.717) is 12.4 Å². The van der Waals surface area contributed by atoms with Crippen LogP contribution in [0.4, 0.5) is 0 Å². The first kappa shape index (κ1) is 9.18. The van der Waals surface area contributed by atoms with Gasteiger partial charge in [0.2, 0.25) is 0 Å². The van der Waals surface area contributed by atoms with Crippen molar-refractivity contribution in [2.45, 2.75) is 19.6 Å². The zero-order valence-electron chi connectivity index (χ0n) is 7.99. The maximum atomic E-state index is 9.33. The molecular formula is C10H13N3O. The average molecular weight is 191 g/mol. The van der Waals surface area contributed by atoms with Crippen molar-refractivity contribution in [3.63, 3.8) is 0 Å². The third-order valence-electron chi connectivity index (χ3n) is 2.20. The number of fused-ring (bicyclic) bond motifs is 1. The van der Waals surface area contributed by atoms with Gasteiger partial charge in [0.05, 0.1) is 11.0 Å². The number of hydrogen-bond acceptors (Lipinski definition) is 3. The molecule has 1 aromatic carbocycles. The van der Waals surface area contributed by atoms with Gasteiger partial charge in [-0.05, 0) is 24.6 Å². The molecule has 4 N–H and O–H groups in total. The van der Waals surface area contributed by atoms with Crippen LogP contribution in [0.15, 0.2) is 18.2 Å². The van der Waals surface area contributed by atoms with Gasteiger partial charge in [0.1, 0.15) is 11.9 Å². The van der Waals surface area contributed by atoms with Crippen LogP contribution < -0.4 is 5.73 Å². The lowest BCUT2D eigenvalue weighted by Gasteiger charge is -1.95. The Bertz CT molecular complexity index is 448. The van der Waals surface area contributed by atoms with E-state index in [-0.39, 0.29) is 0 Å². The molecule has 1 aromatic heterocycles. The van der Waals surface area contributed by atoms with Crippen LogP contribution in [0.2, 0.25) is 0 Å². The van der Waals surface area contributed by atoms with Crippen molar-refractivity contribution in [2.75, 3.05) is 0 Å². The van der Waals surface area contributed by atoms with Crippen molar-refractivity contribution in [2.24, 2.45) is 5.73 Å². The molecule has 0 fully saturated rings. The Morgan fingerprint density at radius 2 is 2.36 bits per heavy atom. The second-order valence-electron chi connectivity index (χ2n) is 3.35. The molecule has 0 spiro atoms. The molecule has 4 heteroatoms. The van der Waals surface area contributed by atoms with Gasteiger partial charge in [0.15, 0.2) is 0 Å². The summed E-state index contributed by atoms with van der Waals surface area (Å²) in [6.07, 6.45) is -0.566. The first-order valence-electron chi connectivity index (χ1n) is 4.57. The highest BCUT2D eigenvalue weighted by Crippen LogP contribution is 2.16. The number of rotatable bonds is 2. The first-order valence-corrected chi connectivity index (χ1v) is 4.57. The van der Waals surface area contributed by atoms with Gasteiger partial charge in [0.25, 0.3) is 0 Å². The molecule has 14 heavy (non-hydrogen) atoms. The summed E-state index contributed by atoms with van der Waals surface area (Å²) >= 11 is 0. The van der Waals surface area contributed by atoms with Crippen molar-refractivity contribution in [1.82, 2.24) is 9.97 Å². The molecule has 2 aromatic rings. The minimum Gasteiger partial charge on any atom is -0.385 e. The predicted molar refractivity (Wildman–Crippen MR) is 54.6 cm³/mol. The molecule has 74 valence electrons. The number of aliphatic hydroxyl groups is 1. The number of aromatic amines is 1. The number of H-pyrrole nitrogens is 1. The standard InChI is InChI=1S/C10H13N3O/c1-6(14)10-12-8-3-2-7(5-11)4-9(8)13-10/h2-4,6,14H,5,11H2,1H3,(H,12,13)/t6-/m0/s1. The lowest BCUT2D eigenvalue weighted by Crippen LogP contribution is -1.95. The van der Waals surface area contributed by atoms with Gasteiger partial charge in [-0.15, -0.1) is 0 Å². The van der Waals surface area contributed by atoms with Gasteiger partial charge in [0, 0.05) is 6.54 Å². The van der Waals surface area contributed by atoms with Crippen molar-refractivity contribution >= 4 is 11.0 Å². The third-order valence-corrected chi connectivity index (χ3v) is 2.20. The maximum Gasteiger partial charge on any atom is 0.135 e. The topological polar surface area (TPSA) is 74.9 Å². The number of aromatic nitrogens is 2. The number of aliphatic hydroxyl groups excluding tert-OH is 1. The second-order valence-corrected chi connectivity index (χ2v) is 3.35. The van der Waals surface area contributed by atoms with Crippen molar-refractivity contribution < 1.29 is 5.11 Å². The minimum atomic E-state index is -0.566. The largest absolute Gasteiger partial charge is 0.385 e. The summed E-state index contributed by atoms with van der Waals surface area (Å²) in [5.74, 6) is 0.592. The van der Waals surface area contributed by atoms with E-state index in [9.17, 15) is 5.11 Å². The van der Waals surface area contributed by atoms with Gasteiger partial charge in [-0.1, -0.05) is 6.07 Å². The number of nitrogens with one attached hydrogen (secondary N) is 1. The van der Waals surface area contributed by atoms with E-state index in [4.69, 9.17) is 5.73 Å². The maximum absolute atomic E-state index is 9.33. The molecule has 1 heterocycles. The van der Waals surface area contributed by atoms with E-state index in [2.05, 4.69) is 9.97 Å². The lowest BCUT2D eigenvalue weighted by atomic mass is 10.2. The average Bonchev–Trinajstić information content (AvgIpc) is 2.59. The van der Waals surface area contributed by atoms with E-state index in [0.717, 1.165) is 16.6 Å². The van der Waals surface area contributed by atoms with Gasteiger partial charge in [-0.2, -0.15) is 0 Å². The zero-order valence-corrected chi connectivity index (χ0v) is 7.99. The molecule has 1 atom stereocenters. The molecule has 0 aliphatic carbocycles. The molecule has 0 saturated carbocycles. The Kier molecular flexibility index (Phi) is 2.23. The van der Waals surface area contributed by atoms with Crippen LogP contribution >= 0.6 is 0 Å². The number of hydrogen-bond donors (Lipinski definition) is 3. The SMILES string of the molecule is C[C@H](O)c1nc2ccc(CN)cc2[nH]1. The molecule has 0 aliphatic heterocycles. The predicted octanol–water partition coefficient (Wildman–Crippen LogP) is 1.07. The number of nitrogens with two attached hydrogens (primary N) is 1. The molecule has 0 aliphatic rings. The van der Waals surface area contributed by atoms with Crippen LogP contribution in [-0.4, -0.2) is 15.1 Å². The van der Waals surface area contributed by atoms with Crippen LogP contribution in [0.1, 0.15) is 24.4 Å². The van der Waals surface area contributed by atoms with Gasteiger partial charge in [-0.25, -0.2) is 4.98 Å². The second kappa shape index (κ2) is 3.40. The number of benzene rings is 1. The minimum absolute atomic E-state index is 0.513. The van der Waals surface area contributed by atoms with E-state index in [1.165, 1.54) is 0 Å². The van der Waals surface area contributed by atoms with Crippen LogP contribution in [0.3, 0.4) is 0 Å². The summed E-state index contributed by atoms with van der Waals surface area (Å²) in [5.41, 5.74) is 8.36. The molecular weight excluding hydrogens is 178 g/mol. The third kappa shape index (κ3) is 1.49. The quantitative estimate of drug-likeness (QED) is 0.664. The van der Waals surface area contributed by atoms with Crippen LogP contribution in [0.25, 0.3) is 11.0 Å². The van der Waals surface area contributed by atoms with Crippen molar-refractivity contribution in [1.29, 1.82) is 0 Å². The summed E-state index contributed by atoms with van der Waals surface area (Å²) in [5, 5.41) is 9.33. The van der Waals surface area contributed by atoms with E-state index >= 15 is 0 Å². The van der Waals surface area contributed by atoms with Crippen molar-refractivity contribution in [3.8, 4) is 0 Å². The fourth-order valence-corrected chi connectivity index (χ4v) is 1.40. The Hall–Kier alpha value is -1.39. The Morgan fingerprint density at radius 3 is 3.00 bits per heavy atom. The summed E-state index contributed by atoms with van der Waals surface area (Å²) in [7, 11) is 0. The zero-order chi connectivity index (χ0) is 10.1. The van der Waals surface area contributed by atoms with Crippen LogP contribution in [0.5, 0.6) is 0 Å². The monoisotopic (exact) mass is 191 g/mol. The highest BCUT2D eigenvalue weighted by molar-refractivity contribution is 5.75. The van der Waals surface area contributed by atoms with Crippen LogP contribution in [0, 0.1) is 0 Å². The normalized spacial score (nSPS) is 13.4. The smallest absolute Gasteiger partial charge is 0.135 e. The molecule has 4 nitrogen and oxygen atoms in total. The highest BCUT2D eigenvalue weighted by atomic mass is 16.3. The number of imidazole rings is 1. The Morgan fingerprint density at radius 1 is 1.57 bits per heavy atom. The summed E-state index contributed by atoms with van der Waals surface area (Å²) < 4.78 is 0. The summed E-state index contributed by atoms with van der Waals surface area (Å²) in [4.78, 5) is 7.29. The Labute approximate surface area is 81.8 Å².